The molecule has 1 amide bonds. The highest BCUT2D eigenvalue weighted by molar-refractivity contribution is 7.08. The number of amides is 1. The Morgan fingerprint density at radius 1 is 0.941 bits per heavy atom. The second-order valence-electron chi connectivity index (χ2n) is 7.66. The fourth-order valence-corrected chi connectivity index (χ4v) is 3.81. The molecule has 4 rings (SSSR count). The Labute approximate surface area is 202 Å². The molecule has 2 heterocycles. The number of ether oxygens (including phenoxy) is 2. The van der Waals surface area contributed by atoms with Crippen LogP contribution in [0.4, 0.5) is 0 Å². The van der Waals surface area contributed by atoms with Crippen LogP contribution in [0.25, 0.3) is 11.5 Å². The van der Waals surface area contributed by atoms with Crippen molar-refractivity contribution in [2.45, 2.75) is 32.3 Å². The number of aryl methyl sites for hydroxylation is 1. The molecule has 0 bridgehead atoms. The number of carbonyl (C=O) groups excluding carboxylic acids is 1. The van der Waals surface area contributed by atoms with Crippen molar-refractivity contribution in [3.05, 3.63) is 82.9 Å². The van der Waals surface area contributed by atoms with Gasteiger partial charge in [-0.1, -0.05) is 30.3 Å². The third kappa shape index (κ3) is 7.45. The van der Waals surface area contributed by atoms with Gasteiger partial charge in [0.05, 0.1) is 6.61 Å². The molecule has 0 radical (unpaired) electrons. The molecule has 4 aromatic rings. The van der Waals surface area contributed by atoms with Crippen LogP contribution < -0.4 is 14.8 Å². The highest BCUT2D eigenvalue weighted by Crippen LogP contribution is 2.21. The Hall–Kier alpha value is -3.65. The fraction of sp³-hybridized carbons (Fsp3) is 0.269. The molecule has 1 N–H and O–H groups in total. The number of rotatable bonds is 13. The van der Waals surface area contributed by atoms with Gasteiger partial charge in [-0.15, -0.1) is 10.2 Å². The summed E-state index contributed by atoms with van der Waals surface area (Å²) in [5.41, 5.74) is 2.04. The largest absolute Gasteiger partial charge is 0.494 e. The molecule has 176 valence electrons. The van der Waals surface area contributed by atoms with Crippen molar-refractivity contribution >= 4 is 17.2 Å². The van der Waals surface area contributed by atoms with Crippen LogP contribution in [0.3, 0.4) is 0 Å². The number of aromatic nitrogens is 2. The van der Waals surface area contributed by atoms with E-state index in [1.165, 1.54) is 0 Å². The molecule has 8 heteroatoms. The molecule has 7 nitrogen and oxygen atoms in total. The number of hydrogen-bond donors (Lipinski definition) is 1. The zero-order valence-corrected chi connectivity index (χ0v) is 19.6. The van der Waals surface area contributed by atoms with Gasteiger partial charge in [-0.05, 0) is 54.1 Å². The molecule has 0 fully saturated rings. The molecule has 0 saturated heterocycles. The van der Waals surface area contributed by atoms with Gasteiger partial charge in [0, 0.05) is 30.3 Å². The van der Waals surface area contributed by atoms with E-state index in [4.69, 9.17) is 13.9 Å². The van der Waals surface area contributed by atoms with Crippen LogP contribution in [0, 0.1) is 0 Å². The lowest BCUT2D eigenvalue weighted by atomic mass is 10.2. The molecular weight excluding hydrogens is 450 g/mol. The number of benzene rings is 2. The SMILES string of the molecule is O=C(CCc1nnc(-c2ccsc2)o1)NCCCCOc1ccc(OCc2ccccc2)cc1. The highest BCUT2D eigenvalue weighted by atomic mass is 32.1. The molecule has 0 aliphatic carbocycles. The van der Waals surface area contributed by atoms with E-state index in [9.17, 15) is 4.79 Å². The van der Waals surface area contributed by atoms with Crippen molar-refractivity contribution < 1.29 is 18.7 Å². The van der Waals surface area contributed by atoms with Crippen LogP contribution >= 0.6 is 11.3 Å². The molecule has 2 aromatic heterocycles. The van der Waals surface area contributed by atoms with E-state index in [0.717, 1.165) is 35.5 Å². The third-order valence-corrected chi connectivity index (χ3v) is 5.72. The minimum absolute atomic E-state index is 0.0257. The van der Waals surface area contributed by atoms with E-state index in [-0.39, 0.29) is 5.91 Å². The predicted octanol–water partition coefficient (Wildman–Crippen LogP) is 5.29. The van der Waals surface area contributed by atoms with Gasteiger partial charge in [0.15, 0.2) is 0 Å². The summed E-state index contributed by atoms with van der Waals surface area (Å²) in [5.74, 6) is 2.55. The third-order valence-electron chi connectivity index (χ3n) is 5.03. The minimum atomic E-state index is -0.0257. The second-order valence-corrected chi connectivity index (χ2v) is 8.44. The number of hydrogen-bond acceptors (Lipinski definition) is 7. The first-order valence-corrected chi connectivity index (χ1v) is 12.2. The van der Waals surface area contributed by atoms with Crippen LogP contribution in [0.15, 0.2) is 75.8 Å². The first-order valence-electron chi connectivity index (χ1n) is 11.3. The smallest absolute Gasteiger partial charge is 0.248 e. The topological polar surface area (TPSA) is 86.5 Å². The Kier molecular flexibility index (Phi) is 8.68. The summed E-state index contributed by atoms with van der Waals surface area (Å²) in [7, 11) is 0. The van der Waals surface area contributed by atoms with Gasteiger partial charge in [0.1, 0.15) is 18.1 Å². The molecule has 0 saturated carbocycles. The predicted molar refractivity (Wildman–Crippen MR) is 131 cm³/mol. The van der Waals surface area contributed by atoms with Crippen molar-refractivity contribution in [3.8, 4) is 23.0 Å². The van der Waals surface area contributed by atoms with Crippen LogP contribution in [0.5, 0.6) is 11.5 Å². The summed E-state index contributed by atoms with van der Waals surface area (Å²) < 4.78 is 17.2. The van der Waals surface area contributed by atoms with Crippen LogP contribution in [-0.4, -0.2) is 29.3 Å². The molecule has 2 aromatic carbocycles. The maximum atomic E-state index is 12.0. The highest BCUT2D eigenvalue weighted by Gasteiger charge is 2.10. The number of nitrogens with zero attached hydrogens (tertiary/aromatic N) is 2. The lowest BCUT2D eigenvalue weighted by Crippen LogP contribution is -2.25. The summed E-state index contributed by atoms with van der Waals surface area (Å²) in [4.78, 5) is 12.0. The van der Waals surface area contributed by atoms with E-state index in [2.05, 4.69) is 15.5 Å². The van der Waals surface area contributed by atoms with E-state index in [0.29, 0.717) is 44.4 Å². The molecule has 0 unspecified atom stereocenters. The monoisotopic (exact) mass is 477 g/mol. The molecule has 0 aliphatic rings. The van der Waals surface area contributed by atoms with E-state index in [1.54, 1.807) is 11.3 Å². The summed E-state index contributed by atoms with van der Waals surface area (Å²) in [6, 6.07) is 19.6. The maximum Gasteiger partial charge on any atom is 0.248 e. The summed E-state index contributed by atoms with van der Waals surface area (Å²) in [6.07, 6.45) is 2.44. The second kappa shape index (κ2) is 12.6. The van der Waals surface area contributed by atoms with E-state index in [1.807, 2.05) is 71.4 Å². The van der Waals surface area contributed by atoms with Crippen LogP contribution in [0.1, 0.15) is 30.7 Å². The molecular formula is C26H27N3O4S. The summed E-state index contributed by atoms with van der Waals surface area (Å²) >= 11 is 1.57. The number of thiophene rings is 1. The van der Waals surface area contributed by atoms with Crippen molar-refractivity contribution in [2.75, 3.05) is 13.2 Å². The molecule has 0 atom stereocenters. The van der Waals surface area contributed by atoms with Gasteiger partial charge in [-0.25, -0.2) is 0 Å². The molecule has 34 heavy (non-hydrogen) atoms. The molecule has 0 spiro atoms. The van der Waals surface area contributed by atoms with Crippen molar-refractivity contribution in [1.29, 1.82) is 0 Å². The average Bonchev–Trinajstić information content (AvgIpc) is 3.57. The number of carbonyl (C=O) groups is 1. The van der Waals surface area contributed by atoms with Crippen LogP contribution in [-0.2, 0) is 17.8 Å². The zero-order chi connectivity index (χ0) is 23.4. The zero-order valence-electron chi connectivity index (χ0n) is 18.8. The maximum absolute atomic E-state index is 12.0. The Bertz CT molecular complexity index is 1130. The van der Waals surface area contributed by atoms with Gasteiger partial charge in [-0.2, -0.15) is 11.3 Å². The fourth-order valence-electron chi connectivity index (χ4n) is 3.18. The van der Waals surface area contributed by atoms with Gasteiger partial charge in [0.25, 0.3) is 0 Å². The number of nitrogens with one attached hydrogen (secondary N) is 1. The first kappa shape index (κ1) is 23.5. The van der Waals surface area contributed by atoms with Gasteiger partial charge < -0.3 is 19.2 Å². The normalized spacial score (nSPS) is 10.7. The summed E-state index contributed by atoms with van der Waals surface area (Å²) in [6.45, 7) is 1.74. The van der Waals surface area contributed by atoms with Crippen molar-refractivity contribution in [1.82, 2.24) is 15.5 Å². The average molecular weight is 478 g/mol. The van der Waals surface area contributed by atoms with Crippen LogP contribution in [0.2, 0.25) is 0 Å². The van der Waals surface area contributed by atoms with E-state index < -0.39 is 0 Å². The quantitative estimate of drug-likeness (QED) is 0.264. The Morgan fingerprint density at radius 2 is 1.74 bits per heavy atom. The Balaban J connectivity index is 1.05. The molecule has 0 aliphatic heterocycles. The van der Waals surface area contributed by atoms with Gasteiger partial charge >= 0.3 is 0 Å². The Morgan fingerprint density at radius 3 is 2.50 bits per heavy atom. The number of unbranched alkanes of at least 4 members (excludes halogenated alkanes) is 1. The van der Waals surface area contributed by atoms with Gasteiger partial charge in [-0.3, -0.25) is 4.79 Å². The standard InChI is InChI=1S/C26H27N3O4S/c30-24(12-13-25-28-29-26(33-25)21-14-17-34-19-21)27-15-4-5-16-31-22-8-10-23(11-9-22)32-18-20-6-2-1-3-7-20/h1-3,6-11,14,17,19H,4-5,12-13,15-16,18H2,(H,27,30). The van der Waals surface area contributed by atoms with Gasteiger partial charge in [0.2, 0.25) is 17.7 Å². The summed E-state index contributed by atoms with van der Waals surface area (Å²) in [5, 5.41) is 14.9. The lowest BCUT2D eigenvalue weighted by Gasteiger charge is -2.09. The van der Waals surface area contributed by atoms with Crippen molar-refractivity contribution in [2.24, 2.45) is 0 Å². The van der Waals surface area contributed by atoms with E-state index >= 15 is 0 Å². The minimum Gasteiger partial charge on any atom is -0.494 e. The first-order chi connectivity index (χ1) is 16.8. The lowest BCUT2D eigenvalue weighted by molar-refractivity contribution is -0.121. The van der Waals surface area contributed by atoms with Crippen molar-refractivity contribution in [3.63, 3.8) is 0 Å².